The lowest BCUT2D eigenvalue weighted by Gasteiger charge is -2.49. The number of halogens is 3. The second kappa shape index (κ2) is 11.5. The SMILES string of the molecule is COCCCOc1ccccc1C1CNC(=O)CC12CCN(C(=O)C(c1ccccc1)C(F)(F)F)CC2. The first kappa shape index (κ1) is 27.0. The number of amides is 2. The first-order valence-electron chi connectivity index (χ1n) is 12.6. The number of piperidine rings is 2. The van der Waals surface area contributed by atoms with Gasteiger partial charge in [0, 0.05) is 52.1 Å². The van der Waals surface area contributed by atoms with Gasteiger partial charge in [-0.3, -0.25) is 9.59 Å². The number of likely N-dealkylation sites (tertiary alicyclic amines) is 1. The Balaban J connectivity index is 1.54. The summed E-state index contributed by atoms with van der Waals surface area (Å²) in [6.07, 6.45) is -2.82. The van der Waals surface area contributed by atoms with Gasteiger partial charge in [0.15, 0.2) is 5.92 Å². The normalized spacial score (nSPS) is 20.4. The molecular formula is C28H33F3N2O4. The van der Waals surface area contributed by atoms with Crippen LogP contribution in [0.1, 0.15) is 48.6 Å². The Morgan fingerprint density at radius 1 is 1.08 bits per heavy atom. The molecule has 4 rings (SSSR count). The highest BCUT2D eigenvalue weighted by atomic mass is 19.4. The number of nitrogens with one attached hydrogen (secondary N) is 1. The second-order valence-electron chi connectivity index (χ2n) is 9.84. The van der Waals surface area contributed by atoms with Gasteiger partial charge < -0.3 is 19.7 Å². The van der Waals surface area contributed by atoms with Crippen LogP contribution in [0.3, 0.4) is 0 Å². The average Bonchev–Trinajstić information content (AvgIpc) is 2.87. The van der Waals surface area contributed by atoms with E-state index in [0.29, 0.717) is 32.6 Å². The van der Waals surface area contributed by atoms with Crippen LogP contribution in [-0.2, 0) is 14.3 Å². The summed E-state index contributed by atoms with van der Waals surface area (Å²) in [4.78, 5) is 27.0. The molecule has 9 heteroatoms. The number of rotatable bonds is 8. The molecule has 2 aromatic rings. The van der Waals surface area contributed by atoms with E-state index in [2.05, 4.69) is 5.32 Å². The van der Waals surface area contributed by atoms with Crippen LogP contribution in [0.25, 0.3) is 0 Å². The molecule has 2 aliphatic rings. The quantitative estimate of drug-likeness (QED) is 0.517. The molecule has 0 bridgehead atoms. The van der Waals surface area contributed by atoms with Gasteiger partial charge in [-0.2, -0.15) is 13.2 Å². The molecule has 0 aliphatic carbocycles. The fraction of sp³-hybridized carbons (Fsp3) is 0.500. The lowest BCUT2D eigenvalue weighted by atomic mass is 9.62. The summed E-state index contributed by atoms with van der Waals surface area (Å²) >= 11 is 0. The van der Waals surface area contributed by atoms with E-state index in [4.69, 9.17) is 9.47 Å². The van der Waals surface area contributed by atoms with Crippen molar-refractivity contribution in [1.82, 2.24) is 10.2 Å². The Morgan fingerprint density at radius 3 is 2.43 bits per heavy atom. The maximum atomic E-state index is 14.0. The van der Waals surface area contributed by atoms with Gasteiger partial charge in [0.05, 0.1) is 6.61 Å². The highest BCUT2D eigenvalue weighted by molar-refractivity contribution is 5.85. The number of methoxy groups -OCH3 is 1. The molecule has 2 atom stereocenters. The molecule has 2 heterocycles. The number of ether oxygens (including phenoxy) is 2. The minimum atomic E-state index is -4.69. The van der Waals surface area contributed by atoms with Crippen LogP contribution in [0, 0.1) is 5.41 Å². The number of carbonyl (C=O) groups excluding carboxylic acids is 2. The Morgan fingerprint density at radius 2 is 1.76 bits per heavy atom. The standard InChI is InChI=1S/C28H33F3N2O4/c1-36-16-7-17-37-23-11-6-5-10-21(23)22-19-32-24(34)18-27(22)12-14-33(15-13-27)26(35)25(28(29,30)31)20-8-3-2-4-9-20/h2-6,8-11,22,25H,7,12-19H2,1H3,(H,32,34). The van der Waals surface area contributed by atoms with Crippen molar-refractivity contribution in [3.8, 4) is 5.75 Å². The van der Waals surface area contributed by atoms with E-state index in [-0.39, 0.29) is 36.9 Å². The zero-order valence-electron chi connectivity index (χ0n) is 20.9. The van der Waals surface area contributed by atoms with Crippen molar-refractivity contribution in [3.63, 3.8) is 0 Å². The smallest absolute Gasteiger partial charge is 0.404 e. The van der Waals surface area contributed by atoms with Crippen molar-refractivity contribution in [2.75, 3.05) is 40.0 Å². The summed E-state index contributed by atoms with van der Waals surface area (Å²) in [7, 11) is 1.64. The third-order valence-corrected chi connectivity index (χ3v) is 7.58. The van der Waals surface area contributed by atoms with Crippen LogP contribution in [0.4, 0.5) is 13.2 Å². The molecule has 1 spiro atoms. The average molecular weight is 519 g/mol. The molecule has 2 aromatic carbocycles. The van der Waals surface area contributed by atoms with E-state index in [1.807, 2.05) is 24.3 Å². The highest BCUT2D eigenvalue weighted by Crippen LogP contribution is 2.51. The fourth-order valence-electron chi connectivity index (χ4n) is 5.66. The van der Waals surface area contributed by atoms with Crippen molar-refractivity contribution in [2.45, 2.75) is 43.7 Å². The van der Waals surface area contributed by atoms with Gasteiger partial charge in [0.25, 0.3) is 0 Å². The Kier molecular flexibility index (Phi) is 8.42. The summed E-state index contributed by atoms with van der Waals surface area (Å²) in [5, 5.41) is 2.96. The van der Waals surface area contributed by atoms with Crippen molar-refractivity contribution < 1.29 is 32.2 Å². The molecule has 1 N–H and O–H groups in total. The zero-order chi connectivity index (χ0) is 26.5. The third kappa shape index (κ3) is 6.09. The topological polar surface area (TPSA) is 67.9 Å². The van der Waals surface area contributed by atoms with Crippen LogP contribution >= 0.6 is 0 Å². The summed E-state index contributed by atoms with van der Waals surface area (Å²) in [5.74, 6) is -2.55. The lowest BCUT2D eigenvalue weighted by Crippen LogP contribution is -2.54. The van der Waals surface area contributed by atoms with E-state index >= 15 is 0 Å². The Hall–Kier alpha value is -3.07. The first-order valence-corrected chi connectivity index (χ1v) is 12.6. The van der Waals surface area contributed by atoms with E-state index < -0.39 is 23.4 Å². The van der Waals surface area contributed by atoms with Crippen molar-refractivity contribution in [3.05, 3.63) is 65.7 Å². The highest BCUT2D eigenvalue weighted by Gasteiger charge is 2.51. The van der Waals surface area contributed by atoms with Crippen LogP contribution in [0.2, 0.25) is 0 Å². The zero-order valence-corrected chi connectivity index (χ0v) is 20.9. The number of alkyl halides is 3. The van der Waals surface area contributed by atoms with Crippen LogP contribution in [0.15, 0.2) is 54.6 Å². The van der Waals surface area contributed by atoms with Crippen molar-refractivity contribution in [1.29, 1.82) is 0 Å². The largest absolute Gasteiger partial charge is 0.493 e. The van der Waals surface area contributed by atoms with E-state index in [9.17, 15) is 22.8 Å². The molecule has 0 saturated carbocycles. The van der Waals surface area contributed by atoms with Crippen LogP contribution in [-0.4, -0.2) is 62.8 Å². The van der Waals surface area contributed by atoms with Gasteiger partial charge in [0.1, 0.15) is 5.75 Å². The third-order valence-electron chi connectivity index (χ3n) is 7.58. The Bertz CT molecular complexity index is 1070. The molecule has 2 saturated heterocycles. The van der Waals surface area contributed by atoms with Crippen LogP contribution in [0.5, 0.6) is 5.75 Å². The van der Waals surface area contributed by atoms with Gasteiger partial charge in [0.2, 0.25) is 11.8 Å². The Labute approximate surface area is 215 Å². The predicted octanol–water partition coefficient (Wildman–Crippen LogP) is 4.66. The molecule has 0 aromatic heterocycles. The maximum Gasteiger partial charge on any atom is 0.404 e. The molecular weight excluding hydrogens is 485 g/mol. The number of carbonyl (C=O) groups is 2. The first-order chi connectivity index (χ1) is 17.7. The summed E-state index contributed by atoms with van der Waals surface area (Å²) in [6, 6.07) is 15.0. The summed E-state index contributed by atoms with van der Waals surface area (Å²) < 4.78 is 53.0. The second-order valence-corrected chi connectivity index (χ2v) is 9.84. The van der Waals surface area contributed by atoms with Gasteiger partial charge in [-0.25, -0.2) is 0 Å². The monoisotopic (exact) mass is 518 g/mol. The molecule has 6 nitrogen and oxygen atoms in total. The van der Waals surface area contributed by atoms with E-state index in [1.165, 1.54) is 29.2 Å². The van der Waals surface area contributed by atoms with E-state index in [0.717, 1.165) is 17.7 Å². The van der Waals surface area contributed by atoms with Gasteiger partial charge in [-0.05, 0) is 35.4 Å². The number of hydrogen-bond acceptors (Lipinski definition) is 4. The maximum absolute atomic E-state index is 14.0. The number of para-hydroxylation sites is 1. The molecule has 2 unspecified atom stereocenters. The van der Waals surface area contributed by atoms with Crippen molar-refractivity contribution >= 4 is 11.8 Å². The number of nitrogens with zero attached hydrogens (tertiary/aromatic N) is 1. The van der Waals surface area contributed by atoms with Crippen LogP contribution < -0.4 is 10.1 Å². The number of hydrogen-bond donors (Lipinski definition) is 1. The molecule has 37 heavy (non-hydrogen) atoms. The van der Waals surface area contributed by atoms with E-state index in [1.54, 1.807) is 13.2 Å². The van der Waals surface area contributed by atoms with Gasteiger partial charge >= 0.3 is 6.18 Å². The molecule has 0 radical (unpaired) electrons. The summed E-state index contributed by atoms with van der Waals surface area (Å²) in [6.45, 7) is 1.81. The summed E-state index contributed by atoms with van der Waals surface area (Å²) in [5.41, 5.74) is 0.442. The van der Waals surface area contributed by atoms with Gasteiger partial charge in [-0.1, -0.05) is 48.5 Å². The lowest BCUT2D eigenvalue weighted by molar-refractivity contribution is -0.173. The van der Waals surface area contributed by atoms with Crippen molar-refractivity contribution in [2.24, 2.45) is 5.41 Å². The predicted molar refractivity (Wildman–Crippen MR) is 132 cm³/mol. The molecule has 2 fully saturated rings. The minimum absolute atomic E-state index is 0.0604. The molecule has 2 amide bonds. The fourth-order valence-corrected chi connectivity index (χ4v) is 5.66. The molecule has 200 valence electrons. The minimum Gasteiger partial charge on any atom is -0.493 e. The van der Waals surface area contributed by atoms with Gasteiger partial charge in [-0.15, -0.1) is 0 Å². The molecule has 2 aliphatic heterocycles. The number of benzene rings is 2.